The van der Waals surface area contributed by atoms with Crippen LogP contribution in [0.1, 0.15) is 49.1 Å². The highest BCUT2D eigenvalue weighted by atomic mass is 15.1. The van der Waals surface area contributed by atoms with Crippen LogP contribution in [-0.4, -0.2) is 0 Å². The third-order valence-corrected chi connectivity index (χ3v) is 11.1. The first-order valence-electron chi connectivity index (χ1n) is 18.9. The van der Waals surface area contributed by atoms with Gasteiger partial charge in [0, 0.05) is 16.9 Å². The van der Waals surface area contributed by atoms with Gasteiger partial charge < -0.3 is 4.90 Å². The number of benzene rings is 8. The maximum atomic E-state index is 2.45. The minimum atomic E-state index is 0.607. The number of hydrogen-bond acceptors (Lipinski definition) is 1. The second kappa shape index (κ2) is 14.0. The van der Waals surface area contributed by atoms with E-state index in [2.05, 4.69) is 188 Å². The molecule has 0 heterocycles. The number of hydrogen-bond donors (Lipinski definition) is 0. The Balaban J connectivity index is 1.20. The van der Waals surface area contributed by atoms with E-state index in [0.717, 1.165) is 11.4 Å². The molecule has 0 N–H and O–H groups in total. The van der Waals surface area contributed by atoms with Gasteiger partial charge >= 0.3 is 0 Å². The first-order chi connectivity index (χ1) is 25.7. The zero-order valence-electron chi connectivity index (χ0n) is 29.8. The van der Waals surface area contributed by atoms with E-state index in [1.807, 2.05) is 0 Å². The zero-order valence-corrected chi connectivity index (χ0v) is 29.8. The van der Waals surface area contributed by atoms with E-state index in [0.29, 0.717) is 5.92 Å². The molecule has 1 saturated carbocycles. The highest BCUT2D eigenvalue weighted by Crippen LogP contribution is 2.46. The summed E-state index contributed by atoms with van der Waals surface area (Å²) in [4.78, 5) is 2.45. The fourth-order valence-corrected chi connectivity index (χ4v) is 8.50. The van der Waals surface area contributed by atoms with Crippen LogP contribution in [0.15, 0.2) is 176 Å². The summed E-state index contributed by atoms with van der Waals surface area (Å²) >= 11 is 0. The van der Waals surface area contributed by atoms with Crippen LogP contribution in [0.3, 0.4) is 0 Å². The highest BCUT2D eigenvalue weighted by Gasteiger charge is 2.23. The molecule has 8 aromatic rings. The summed E-state index contributed by atoms with van der Waals surface area (Å²) < 4.78 is 0. The summed E-state index contributed by atoms with van der Waals surface area (Å²) in [6, 6.07) is 65.0. The smallest absolute Gasteiger partial charge is 0.0540 e. The van der Waals surface area contributed by atoms with Crippen LogP contribution in [0.25, 0.3) is 54.9 Å². The van der Waals surface area contributed by atoms with Gasteiger partial charge in [-0.15, -0.1) is 0 Å². The Morgan fingerprint density at radius 2 is 1.02 bits per heavy atom. The molecule has 0 saturated heterocycles. The van der Waals surface area contributed by atoms with Crippen LogP contribution in [0.2, 0.25) is 0 Å². The quantitative estimate of drug-likeness (QED) is 0.163. The molecule has 0 unspecified atom stereocenters. The molecule has 9 rings (SSSR count). The Morgan fingerprint density at radius 3 is 1.77 bits per heavy atom. The van der Waals surface area contributed by atoms with Crippen molar-refractivity contribution in [3.8, 4) is 33.4 Å². The van der Waals surface area contributed by atoms with Gasteiger partial charge in [0.25, 0.3) is 0 Å². The third-order valence-electron chi connectivity index (χ3n) is 11.1. The SMILES string of the molecule is Cc1cc(-c2ccccc2N(c2ccc(-c3ccccc3)cc2)c2ccc(-c3ccc4ccccc4c3)cc2)c2c(C3CCCCC3)cccc2c1. The molecular formula is C51H43N. The summed E-state index contributed by atoms with van der Waals surface area (Å²) in [5.74, 6) is 0.607. The molecule has 52 heavy (non-hydrogen) atoms. The molecule has 1 aliphatic rings. The normalized spacial score (nSPS) is 13.4. The lowest BCUT2D eigenvalue weighted by molar-refractivity contribution is 0.445. The Kier molecular flexibility index (Phi) is 8.62. The van der Waals surface area contributed by atoms with E-state index in [1.54, 1.807) is 0 Å². The molecule has 0 bridgehead atoms. The molecule has 1 heteroatoms. The van der Waals surface area contributed by atoms with Gasteiger partial charge in [0.05, 0.1) is 5.69 Å². The van der Waals surface area contributed by atoms with E-state index < -0.39 is 0 Å². The van der Waals surface area contributed by atoms with Crippen molar-refractivity contribution < 1.29 is 0 Å². The number of rotatable bonds is 7. The van der Waals surface area contributed by atoms with Crippen LogP contribution in [0, 0.1) is 6.92 Å². The first-order valence-corrected chi connectivity index (χ1v) is 18.9. The predicted octanol–water partition coefficient (Wildman–Crippen LogP) is 14.8. The standard InChI is InChI=1S/C51H43N/c1-36-33-44-19-12-21-47(41-16-6-3-7-17-41)51(44)49(34-36)48-20-10-11-22-50(48)52(45-29-25-39(26-30-45)37-13-4-2-5-14-37)46-31-27-40(28-32-46)43-24-23-38-15-8-9-18-42(38)35-43/h2,4-5,8-15,18-35,41H,3,6-7,16-17H2,1H3. The summed E-state index contributed by atoms with van der Waals surface area (Å²) in [6.45, 7) is 2.24. The monoisotopic (exact) mass is 669 g/mol. The van der Waals surface area contributed by atoms with E-state index in [4.69, 9.17) is 0 Å². The van der Waals surface area contributed by atoms with Crippen molar-refractivity contribution in [2.24, 2.45) is 0 Å². The van der Waals surface area contributed by atoms with Crippen LogP contribution >= 0.6 is 0 Å². The second-order valence-electron chi connectivity index (χ2n) is 14.5. The third kappa shape index (κ3) is 6.18. The number of para-hydroxylation sites is 1. The average molecular weight is 670 g/mol. The van der Waals surface area contributed by atoms with Gasteiger partial charge in [-0.05, 0) is 123 Å². The Labute approximate surface area is 307 Å². The second-order valence-corrected chi connectivity index (χ2v) is 14.5. The average Bonchev–Trinajstić information content (AvgIpc) is 3.21. The van der Waals surface area contributed by atoms with Crippen LogP contribution < -0.4 is 4.90 Å². The molecule has 8 aromatic carbocycles. The van der Waals surface area contributed by atoms with Gasteiger partial charge in [0.15, 0.2) is 0 Å². The predicted molar refractivity (Wildman–Crippen MR) is 223 cm³/mol. The Bertz CT molecular complexity index is 2490. The molecule has 0 aliphatic heterocycles. The molecule has 0 spiro atoms. The van der Waals surface area contributed by atoms with Crippen molar-refractivity contribution in [3.05, 3.63) is 187 Å². The number of nitrogens with zero attached hydrogens (tertiary/aromatic N) is 1. The molecule has 1 nitrogen and oxygen atoms in total. The van der Waals surface area contributed by atoms with E-state index in [-0.39, 0.29) is 0 Å². The topological polar surface area (TPSA) is 3.24 Å². The maximum absolute atomic E-state index is 2.45. The molecule has 252 valence electrons. The largest absolute Gasteiger partial charge is 0.310 e. The lowest BCUT2D eigenvalue weighted by Crippen LogP contribution is -2.11. The number of anilines is 3. The van der Waals surface area contributed by atoms with Gasteiger partial charge in [-0.25, -0.2) is 0 Å². The molecule has 1 fully saturated rings. The van der Waals surface area contributed by atoms with E-state index >= 15 is 0 Å². The molecule has 1 aliphatic carbocycles. The molecule has 0 aromatic heterocycles. The van der Waals surface area contributed by atoms with Gasteiger partial charge in [-0.2, -0.15) is 0 Å². The van der Waals surface area contributed by atoms with E-state index in [1.165, 1.54) is 104 Å². The van der Waals surface area contributed by atoms with Gasteiger partial charge in [-0.3, -0.25) is 0 Å². The van der Waals surface area contributed by atoms with Crippen LogP contribution in [0.4, 0.5) is 17.1 Å². The van der Waals surface area contributed by atoms with Gasteiger partial charge in [-0.1, -0.05) is 159 Å². The number of fused-ring (bicyclic) bond motifs is 2. The summed E-state index contributed by atoms with van der Waals surface area (Å²) in [7, 11) is 0. The lowest BCUT2D eigenvalue weighted by atomic mass is 9.80. The minimum Gasteiger partial charge on any atom is -0.310 e. The van der Waals surface area contributed by atoms with Gasteiger partial charge in [0.1, 0.15) is 0 Å². The maximum Gasteiger partial charge on any atom is 0.0540 e. The molecule has 0 atom stereocenters. The van der Waals surface area contributed by atoms with Crippen molar-refractivity contribution in [2.75, 3.05) is 4.90 Å². The fourth-order valence-electron chi connectivity index (χ4n) is 8.50. The van der Waals surface area contributed by atoms with Crippen LogP contribution in [0.5, 0.6) is 0 Å². The van der Waals surface area contributed by atoms with Crippen molar-refractivity contribution in [2.45, 2.75) is 44.9 Å². The number of aryl methyl sites for hydroxylation is 1. The highest BCUT2D eigenvalue weighted by molar-refractivity contribution is 6.04. The Hall–Kier alpha value is -5.92. The van der Waals surface area contributed by atoms with Gasteiger partial charge in [0.2, 0.25) is 0 Å². The van der Waals surface area contributed by atoms with Crippen molar-refractivity contribution >= 4 is 38.6 Å². The Morgan fingerprint density at radius 1 is 0.423 bits per heavy atom. The van der Waals surface area contributed by atoms with Crippen molar-refractivity contribution in [3.63, 3.8) is 0 Å². The fraction of sp³-hybridized carbons (Fsp3) is 0.137. The summed E-state index contributed by atoms with van der Waals surface area (Å²) in [5, 5.41) is 5.28. The summed E-state index contributed by atoms with van der Waals surface area (Å²) in [6.07, 6.45) is 6.55. The summed E-state index contributed by atoms with van der Waals surface area (Å²) in [5.41, 5.74) is 13.7. The van der Waals surface area contributed by atoms with Crippen molar-refractivity contribution in [1.82, 2.24) is 0 Å². The van der Waals surface area contributed by atoms with Crippen molar-refractivity contribution in [1.29, 1.82) is 0 Å². The molecule has 0 amide bonds. The minimum absolute atomic E-state index is 0.607. The zero-order chi connectivity index (χ0) is 34.9. The van der Waals surface area contributed by atoms with E-state index in [9.17, 15) is 0 Å². The lowest BCUT2D eigenvalue weighted by Gasteiger charge is -2.29. The molecular weight excluding hydrogens is 627 g/mol. The van der Waals surface area contributed by atoms with Crippen LogP contribution in [-0.2, 0) is 0 Å². The first kappa shape index (κ1) is 32.0. The molecule has 0 radical (unpaired) electrons.